The van der Waals surface area contributed by atoms with Crippen LogP contribution in [0.5, 0.6) is 0 Å². The summed E-state index contributed by atoms with van der Waals surface area (Å²) in [4.78, 5) is 15.8. The molecule has 1 aromatic rings. The SMILES string of the molecule is CCOC(=O)[C@H]1CC[C@H](c2cccnc2N)CC1. The normalized spacial score (nSPS) is 23.6. The predicted molar refractivity (Wildman–Crippen MR) is 70.0 cm³/mol. The number of carbonyl (C=O) groups excluding carboxylic acids is 1. The zero-order valence-corrected chi connectivity index (χ0v) is 10.8. The van der Waals surface area contributed by atoms with Crippen molar-refractivity contribution in [3.8, 4) is 0 Å². The number of rotatable bonds is 3. The van der Waals surface area contributed by atoms with Gasteiger partial charge in [-0.3, -0.25) is 4.79 Å². The molecule has 0 aromatic carbocycles. The van der Waals surface area contributed by atoms with Gasteiger partial charge in [0.25, 0.3) is 0 Å². The molecule has 1 heterocycles. The van der Waals surface area contributed by atoms with Gasteiger partial charge in [-0.1, -0.05) is 6.07 Å². The maximum Gasteiger partial charge on any atom is 0.308 e. The molecule has 0 aliphatic heterocycles. The van der Waals surface area contributed by atoms with Gasteiger partial charge in [0.05, 0.1) is 12.5 Å². The third-order valence-corrected chi connectivity index (χ3v) is 3.66. The summed E-state index contributed by atoms with van der Waals surface area (Å²) in [5.41, 5.74) is 7.02. The van der Waals surface area contributed by atoms with Crippen molar-refractivity contribution in [2.75, 3.05) is 12.3 Å². The monoisotopic (exact) mass is 248 g/mol. The highest BCUT2D eigenvalue weighted by Crippen LogP contribution is 2.37. The van der Waals surface area contributed by atoms with Crippen LogP contribution in [0.25, 0.3) is 0 Å². The molecule has 1 aromatic heterocycles. The van der Waals surface area contributed by atoms with E-state index in [0.29, 0.717) is 18.3 Å². The lowest BCUT2D eigenvalue weighted by Crippen LogP contribution is -2.23. The van der Waals surface area contributed by atoms with Crippen molar-refractivity contribution in [2.24, 2.45) is 5.92 Å². The molecule has 0 atom stereocenters. The second kappa shape index (κ2) is 5.85. The Hall–Kier alpha value is -1.58. The molecule has 1 saturated carbocycles. The van der Waals surface area contributed by atoms with Crippen LogP contribution >= 0.6 is 0 Å². The predicted octanol–water partition coefficient (Wildman–Crippen LogP) is 2.50. The molecule has 0 radical (unpaired) electrons. The number of nitrogen functional groups attached to an aromatic ring is 1. The van der Waals surface area contributed by atoms with Gasteiger partial charge in [-0.2, -0.15) is 0 Å². The first-order valence-corrected chi connectivity index (χ1v) is 6.59. The molecule has 0 saturated heterocycles. The number of hydrogen-bond donors (Lipinski definition) is 1. The lowest BCUT2D eigenvalue weighted by Gasteiger charge is -2.27. The molecular formula is C14H20N2O2. The van der Waals surface area contributed by atoms with Gasteiger partial charge < -0.3 is 10.5 Å². The summed E-state index contributed by atoms with van der Waals surface area (Å²) in [6, 6.07) is 3.96. The fraction of sp³-hybridized carbons (Fsp3) is 0.571. The summed E-state index contributed by atoms with van der Waals surface area (Å²) < 4.78 is 5.07. The van der Waals surface area contributed by atoms with Gasteiger partial charge in [0.15, 0.2) is 0 Å². The number of nitrogens with zero attached hydrogens (tertiary/aromatic N) is 1. The molecule has 2 N–H and O–H groups in total. The molecular weight excluding hydrogens is 228 g/mol. The van der Waals surface area contributed by atoms with Crippen molar-refractivity contribution in [3.05, 3.63) is 23.9 Å². The van der Waals surface area contributed by atoms with Gasteiger partial charge >= 0.3 is 5.97 Å². The summed E-state index contributed by atoms with van der Waals surface area (Å²) in [6.07, 6.45) is 5.46. The summed E-state index contributed by atoms with van der Waals surface area (Å²) >= 11 is 0. The van der Waals surface area contributed by atoms with E-state index in [1.54, 1.807) is 6.20 Å². The third-order valence-electron chi connectivity index (χ3n) is 3.66. The summed E-state index contributed by atoms with van der Waals surface area (Å²) in [6.45, 7) is 2.31. The van der Waals surface area contributed by atoms with E-state index in [1.165, 1.54) is 0 Å². The van der Waals surface area contributed by atoms with E-state index in [9.17, 15) is 4.79 Å². The van der Waals surface area contributed by atoms with E-state index in [2.05, 4.69) is 4.98 Å². The molecule has 1 fully saturated rings. The molecule has 98 valence electrons. The van der Waals surface area contributed by atoms with Crippen molar-refractivity contribution in [3.63, 3.8) is 0 Å². The smallest absolute Gasteiger partial charge is 0.308 e. The highest BCUT2D eigenvalue weighted by Gasteiger charge is 2.28. The van der Waals surface area contributed by atoms with Crippen molar-refractivity contribution in [1.29, 1.82) is 0 Å². The lowest BCUT2D eigenvalue weighted by atomic mass is 9.79. The van der Waals surface area contributed by atoms with Crippen LogP contribution in [0.3, 0.4) is 0 Å². The van der Waals surface area contributed by atoms with Crippen molar-refractivity contribution < 1.29 is 9.53 Å². The molecule has 1 aliphatic rings. The Morgan fingerprint density at radius 3 is 2.78 bits per heavy atom. The van der Waals surface area contributed by atoms with Gasteiger partial charge in [0, 0.05) is 6.20 Å². The van der Waals surface area contributed by atoms with Crippen LogP contribution in [-0.4, -0.2) is 17.6 Å². The topological polar surface area (TPSA) is 65.2 Å². The zero-order valence-electron chi connectivity index (χ0n) is 10.8. The second-order valence-corrected chi connectivity index (χ2v) is 4.78. The van der Waals surface area contributed by atoms with Crippen molar-refractivity contribution in [2.45, 2.75) is 38.5 Å². The summed E-state index contributed by atoms with van der Waals surface area (Å²) in [5.74, 6) is 1.08. The number of esters is 1. The quantitative estimate of drug-likeness (QED) is 0.835. The minimum absolute atomic E-state index is 0.0462. The third kappa shape index (κ3) is 2.81. The summed E-state index contributed by atoms with van der Waals surface area (Å²) in [7, 11) is 0. The van der Waals surface area contributed by atoms with Gasteiger partial charge in [0.2, 0.25) is 0 Å². The number of ether oxygens (including phenoxy) is 1. The van der Waals surface area contributed by atoms with Gasteiger partial charge in [-0.05, 0) is 50.2 Å². The number of carbonyl (C=O) groups is 1. The van der Waals surface area contributed by atoms with Gasteiger partial charge in [-0.25, -0.2) is 4.98 Å². The Bertz CT molecular complexity index is 412. The van der Waals surface area contributed by atoms with E-state index >= 15 is 0 Å². The lowest BCUT2D eigenvalue weighted by molar-refractivity contribution is -0.149. The zero-order chi connectivity index (χ0) is 13.0. The summed E-state index contributed by atoms with van der Waals surface area (Å²) in [5, 5.41) is 0. The fourth-order valence-corrected chi connectivity index (χ4v) is 2.68. The molecule has 1 aliphatic carbocycles. The highest BCUT2D eigenvalue weighted by molar-refractivity contribution is 5.72. The van der Waals surface area contributed by atoms with Crippen LogP contribution < -0.4 is 5.73 Å². The standard InChI is InChI=1S/C14H20N2O2/c1-2-18-14(17)11-7-5-10(6-8-11)12-4-3-9-16-13(12)15/h3-4,9-11H,2,5-8H2,1H3,(H2,15,16)/t10-,11-. The first-order chi connectivity index (χ1) is 8.72. The maximum atomic E-state index is 11.6. The Balaban J connectivity index is 1.95. The van der Waals surface area contributed by atoms with Crippen LogP contribution in [0.2, 0.25) is 0 Å². The van der Waals surface area contributed by atoms with Crippen LogP contribution in [0.15, 0.2) is 18.3 Å². The Labute approximate surface area is 108 Å². The number of aromatic nitrogens is 1. The minimum atomic E-state index is -0.0462. The van der Waals surface area contributed by atoms with Gasteiger partial charge in [-0.15, -0.1) is 0 Å². The number of anilines is 1. The Morgan fingerprint density at radius 1 is 1.44 bits per heavy atom. The largest absolute Gasteiger partial charge is 0.466 e. The average Bonchev–Trinajstić information content (AvgIpc) is 2.40. The van der Waals surface area contributed by atoms with E-state index in [0.717, 1.165) is 31.2 Å². The highest BCUT2D eigenvalue weighted by atomic mass is 16.5. The molecule has 0 amide bonds. The van der Waals surface area contributed by atoms with E-state index in [4.69, 9.17) is 10.5 Å². The Morgan fingerprint density at radius 2 is 2.17 bits per heavy atom. The number of hydrogen-bond acceptors (Lipinski definition) is 4. The molecule has 4 nitrogen and oxygen atoms in total. The molecule has 0 bridgehead atoms. The van der Waals surface area contributed by atoms with Crippen LogP contribution in [0, 0.1) is 5.92 Å². The minimum Gasteiger partial charge on any atom is -0.466 e. The maximum absolute atomic E-state index is 11.6. The number of pyridine rings is 1. The first kappa shape index (κ1) is 12.9. The molecule has 18 heavy (non-hydrogen) atoms. The van der Waals surface area contributed by atoms with Crippen LogP contribution in [-0.2, 0) is 9.53 Å². The average molecular weight is 248 g/mol. The molecule has 0 unspecified atom stereocenters. The molecule has 4 heteroatoms. The van der Waals surface area contributed by atoms with E-state index < -0.39 is 0 Å². The second-order valence-electron chi connectivity index (χ2n) is 4.78. The van der Waals surface area contributed by atoms with E-state index in [1.807, 2.05) is 19.1 Å². The van der Waals surface area contributed by atoms with Crippen molar-refractivity contribution >= 4 is 11.8 Å². The van der Waals surface area contributed by atoms with Crippen LogP contribution in [0.1, 0.15) is 44.1 Å². The number of nitrogens with two attached hydrogens (primary N) is 1. The molecule has 0 spiro atoms. The Kier molecular flexibility index (Phi) is 4.18. The van der Waals surface area contributed by atoms with Gasteiger partial charge in [0.1, 0.15) is 5.82 Å². The van der Waals surface area contributed by atoms with Crippen molar-refractivity contribution in [1.82, 2.24) is 4.98 Å². The fourth-order valence-electron chi connectivity index (χ4n) is 2.68. The first-order valence-electron chi connectivity index (χ1n) is 6.59. The van der Waals surface area contributed by atoms with E-state index in [-0.39, 0.29) is 11.9 Å². The molecule has 2 rings (SSSR count). The van der Waals surface area contributed by atoms with Crippen LogP contribution in [0.4, 0.5) is 5.82 Å².